The van der Waals surface area contributed by atoms with Crippen molar-refractivity contribution in [1.29, 1.82) is 5.26 Å². The van der Waals surface area contributed by atoms with E-state index in [2.05, 4.69) is 5.10 Å². The van der Waals surface area contributed by atoms with Crippen LogP contribution in [-0.2, 0) is 13.2 Å². The quantitative estimate of drug-likeness (QED) is 0.848. The fourth-order valence-electron chi connectivity index (χ4n) is 3.07. The van der Waals surface area contributed by atoms with E-state index >= 15 is 0 Å². The van der Waals surface area contributed by atoms with E-state index in [1.807, 2.05) is 24.2 Å². The van der Waals surface area contributed by atoms with E-state index in [9.17, 15) is 18.4 Å². The van der Waals surface area contributed by atoms with Crippen molar-refractivity contribution in [3.05, 3.63) is 47.3 Å². The van der Waals surface area contributed by atoms with Crippen LogP contribution in [0.1, 0.15) is 35.6 Å². The molecule has 1 atom stereocenters. The van der Waals surface area contributed by atoms with Crippen LogP contribution in [0.5, 0.6) is 0 Å². The molecule has 0 radical (unpaired) electrons. The van der Waals surface area contributed by atoms with Crippen molar-refractivity contribution in [3.8, 4) is 6.07 Å². The van der Waals surface area contributed by atoms with E-state index in [0.29, 0.717) is 12.2 Å². The molecule has 4 nitrogen and oxygen atoms in total. The third kappa shape index (κ3) is 2.89. The van der Waals surface area contributed by atoms with Crippen LogP contribution in [0.15, 0.2) is 30.6 Å². The number of hydrogen-bond acceptors (Lipinski definition) is 3. The molecule has 3 rings (SSSR count). The Balaban J connectivity index is 1.99. The Morgan fingerprint density at radius 1 is 1.35 bits per heavy atom. The van der Waals surface area contributed by atoms with Crippen molar-refractivity contribution in [2.45, 2.75) is 25.1 Å². The zero-order valence-electron chi connectivity index (χ0n) is 12.5. The van der Waals surface area contributed by atoms with Crippen molar-refractivity contribution >= 4 is 5.69 Å². The first-order valence-corrected chi connectivity index (χ1v) is 7.26. The van der Waals surface area contributed by atoms with E-state index in [0.717, 1.165) is 30.5 Å². The summed E-state index contributed by atoms with van der Waals surface area (Å²) in [6, 6.07) is 5.29. The average Bonchev–Trinajstić information content (AvgIpc) is 3.14. The maximum absolute atomic E-state index is 12.8. The Hall–Kier alpha value is -2.49. The monoisotopic (exact) mass is 320 g/mol. The highest BCUT2D eigenvalue weighted by molar-refractivity contribution is 5.62. The predicted octanol–water partition coefficient (Wildman–Crippen LogP) is 3.65. The second-order valence-electron chi connectivity index (χ2n) is 5.64. The van der Waals surface area contributed by atoms with Crippen LogP contribution in [0.4, 0.5) is 18.9 Å². The van der Waals surface area contributed by atoms with Gasteiger partial charge >= 0.3 is 6.18 Å². The maximum Gasteiger partial charge on any atom is 0.416 e. The van der Waals surface area contributed by atoms with Crippen LogP contribution in [0, 0.1) is 11.3 Å². The van der Waals surface area contributed by atoms with Crippen molar-refractivity contribution in [3.63, 3.8) is 0 Å². The molecule has 120 valence electrons. The van der Waals surface area contributed by atoms with Crippen LogP contribution in [-0.4, -0.2) is 16.3 Å². The summed E-state index contributed by atoms with van der Waals surface area (Å²) >= 11 is 0. The Bertz CT molecular complexity index is 757. The molecule has 1 saturated heterocycles. The summed E-state index contributed by atoms with van der Waals surface area (Å²) in [6.07, 6.45) is 1.03. The molecule has 0 spiro atoms. The number of halogens is 3. The molecule has 0 amide bonds. The molecular weight excluding hydrogens is 305 g/mol. The number of benzene rings is 1. The van der Waals surface area contributed by atoms with Gasteiger partial charge in [0.05, 0.1) is 29.1 Å². The van der Waals surface area contributed by atoms with E-state index < -0.39 is 11.7 Å². The van der Waals surface area contributed by atoms with Gasteiger partial charge in [-0.05, 0) is 31.0 Å². The number of alkyl halides is 3. The van der Waals surface area contributed by atoms with Crippen molar-refractivity contribution in [1.82, 2.24) is 9.78 Å². The summed E-state index contributed by atoms with van der Waals surface area (Å²) in [6.45, 7) is 0.708. The lowest BCUT2D eigenvalue weighted by molar-refractivity contribution is -0.137. The summed E-state index contributed by atoms with van der Waals surface area (Å²) in [5, 5.41) is 13.4. The smallest absolute Gasteiger partial charge is 0.363 e. The molecule has 0 saturated carbocycles. The number of rotatable bonds is 2. The summed E-state index contributed by atoms with van der Waals surface area (Å²) in [7, 11) is 1.82. The largest absolute Gasteiger partial charge is 0.416 e. The van der Waals surface area contributed by atoms with Gasteiger partial charge in [-0.2, -0.15) is 23.5 Å². The van der Waals surface area contributed by atoms with Gasteiger partial charge in [0.1, 0.15) is 6.07 Å². The molecular formula is C16H15F3N4. The van der Waals surface area contributed by atoms with Crippen LogP contribution in [0.2, 0.25) is 0 Å². The van der Waals surface area contributed by atoms with Gasteiger partial charge in [0, 0.05) is 25.4 Å². The number of nitrogens with zero attached hydrogens (tertiary/aromatic N) is 4. The molecule has 1 unspecified atom stereocenters. The fraction of sp³-hybridized carbons (Fsp3) is 0.375. The lowest BCUT2D eigenvalue weighted by atomic mass is 10.0. The van der Waals surface area contributed by atoms with E-state index in [-0.39, 0.29) is 11.6 Å². The predicted molar refractivity (Wildman–Crippen MR) is 78.7 cm³/mol. The number of anilines is 1. The number of aromatic nitrogens is 2. The Morgan fingerprint density at radius 3 is 2.74 bits per heavy atom. The standard InChI is InChI=1S/C16H15F3N4/c1-22-10-12(9-21-22)14-3-2-6-23(14)15-5-4-13(16(17,18)19)7-11(15)8-20/h4-5,7,9-10,14H,2-3,6H2,1H3. The Morgan fingerprint density at radius 2 is 2.13 bits per heavy atom. The zero-order valence-corrected chi connectivity index (χ0v) is 12.5. The van der Waals surface area contributed by atoms with Gasteiger partial charge in [0.25, 0.3) is 0 Å². The lowest BCUT2D eigenvalue weighted by Gasteiger charge is -2.27. The second-order valence-corrected chi connectivity index (χ2v) is 5.64. The molecule has 0 aliphatic carbocycles. The molecule has 0 bridgehead atoms. The highest BCUT2D eigenvalue weighted by atomic mass is 19.4. The summed E-state index contributed by atoms with van der Waals surface area (Å²) in [5.74, 6) is 0. The molecule has 7 heteroatoms. The second kappa shape index (κ2) is 5.61. The molecule has 0 N–H and O–H groups in total. The minimum Gasteiger partial charge on any atom is -0.363 e. The van der Waals surface area contributed by atoms with E-state index in [4.69, 9.17) is 0 Å². The van der Waals surface area contributed by atoms with Gasteiger partial charge in [0.15, 0.2) is 0 Å². The molecule has 1 fully saturated rings. The molecule has 1 aliphatic heterocycles. The third-order valence-electron chi connectivity index (χ3n) is 4.12. The van der Waals surface area contributed by atoms with Gasteiger partial charge in [0.2, 0.25) is 0 Å². The Labute approximate surface area is 131 Å². The van der Waals surface area contributed by atoms with Gasteiger partial charge in [-0.1, -0.05) is 0 Å². The third-order valence-corrected chi connectivity index (χ3v) is 4.12. The van der Waals surface area contributed by atoms with Gasteiger partial charge in [-0.3, -0.25) is 4.68 Å². The van der Waals surface area contributed by atoms with Crippen molar-refractivity contribution < 1.29 is 13.2 Å². The van der Waals surface area contributed by atoms with Gasteiger partial charge in [-0.15, -0.1) is 0 Å². The molecule has 1 aromatic heterocycles. The Kier molecular flexibility index (Phi) is 3.76. The maximum atomic E-state index is 12.8. The minimum atomic E-state index is -4.45. The SMILES string of the molecule is Cn1cc(C2CCCN2c2ccc(C(F)(F)F)cc2C#N)cn1. The van der Waals surface area contributed by atoms with E-state index in [1.165, 1.54) is 6.07 Å². The first-order chi connectivity index (χ1) is 10.9. The van der Waals surface area contributed by atoms with Crippen molar-refractivity contribution in [2.24, 2.45) is 7.05 Å². The minimum absolute atomic E-state index is 0.0348. The normalized spacial score (nSPS) is 18.2. The average molecular weight is 320 g/mol. The number of aryl methyl sites for hydroxylation is 1. The lowest BCUT2D eigenvalue weighted by Crippen LogP contribution is -2.23. The number of nitriles is 1. The molecule has 1 aromatic carbocycles. The van der Waals surface area contributed by atoms with Crippen LogP contribution >= 0.6 is 0 Å². The van der Waals surface area contributed by atoms with Crippen molar-refractivity contribution in [2.75, 3.05) is 11.4 Å². The number of hydrogen-bond donors (Lipinski definition) is 0. The van der Waals surface area contributed by atoms with E-state index in [1.54, 1.807) is 10.9 Å². The summed E-state index contributed by atoms with van der Waals surface area (Å²) in [4.78, 5) is 2.00. The highest BCUT2D eigenvalue weighted by Crippen LogP contribution is 2.39. The first-order valence-electron chi connectivity index (χ1n) is 7.26. The van der Waals surface area contributed by atoms with Crippen LogP contribution < -0.4 is 4.90 Å². The molecule has 1 aliphatic rings. The molecule has 23 heavy (non-hydrogen) atoms. The van der Waals surface area contributed by atoms with Gasteiger partial charge in [-0.25, -0.2) is 0 Å². The summed E-state index contributed by atoms with van der Waals surface area (Å²) < 4.78 is 40.2. The molecule has 2 aromatic rings. The van der Waals surface area contributed by atoms with Crippen LogP contribution in [0.25, 0.3) is 0 Å². The molecule has 2 heterocycles. The first kappa shape index (κ1) is 15.4. The highest BCUT2D eigenvalue weighted by Gasteiger charge is 2.33. The van der Waals surface area contributed by atoms with Crippen LogP contribution in [0.3, 0.4) is 0 Å². The topological polar surface area (TPSA) is 44.9 Å². The summed E-state index contributed by atoms with van der Waals surface area (Å²) in [5.41, 5.74) is 0.811. The van der Waals surface area contributed by atoms with Gasteiger partial charge < -0.3 is 4.90 Å². The zero-order chi connectivity index (χ0) is 16.6. The fourth-order valence-corrected chi connectivity index (χ4v) is 3.07.